The average Bonchev–Trinajstić information content (AvgIpc) is 3.01. The highest BCUT2D eigenvalue weighted by molar-refractivity contribution is 8.00. The van der Waals surface area contributed by atoms with E-state index in [1.54, 1.807) is 61.5 Å². The number of hydrogen-bond acceptors (Lipinski definition) is 4. The van der Waals surface area contributed by atoms with Gasteiger partial charge in [-0.1, -0.05) is 61.0 Å². The highest BCUT2D eigenvalue weighted by atomic mass is 35.5. The molecule has 0 saturated heterocycles. The second-order valence-electron chi connectivity index (χ2n) is 9.54. The van der Waals surface area contributed by atoms with Crippen molar-refractivity contribution < 1.29 is 31.9 Å². The maximum Gasteiger partial charge on any atom is 0.418 e. The monoisotopic (exact) mass is 655 g/mol. The van der Waals surface area contributed by atoms with Crippen molar-refractivity contribution in [2.24, 2.45) is 0 Å². The summed E-state index contributed by atoms with van der Waals surface area (Å²) in [5.74, 6) is -2.72. The summed E-state index contributed by atoms with van der Waals surface area (Å²) < 4.78 is 54.8. The second kappa shape index (κ2) is 14.9. The van der Waals surface area contributed by atoms with Gasteiger partial charge in [0.2, 0.25) is 5.91 Å². The lowest BCUT2D eigenvalue weighted by atomic mass is 10.1. The summed E-state index contributed by atoms with van der Waals surface area (Å²) in [6.07, 6.45) is -3.22. The van der Waals surface area contributed by atoms with Gasteiger partial charge in [-0.3, -0.25) is 14.4 Å². The Kier molecular flexibility index (Phi) is 11.0. The summed E-state index contributed by atoms with van der Waals surface area (Å²) >= 11 is 7.26. The van der Waals surface area contributed by atoms with Crippen molar-refractivity contribution >= 4 is 58.5 Å². The van der Waals surface area contributed by atoms with Gasteiger partial charge in [0.25, 0.3) is 11.8 Å². The van der Waals surface area contributed by atoms with Crippen LogP contribution in [0.2, 0.25) is 5.02 Å². The van der Waals surface area contributed by atoms with E-state index < -0.39 is 40.5 Å². The van der Waals surface area contributed by atoms with Gasteiger partial charge in [0.1, 0.15) is 11.5 Å². The molecular weight excluding hydrogens is 630 g/mol. The number of anilines is 2. The molecule has 0 aliphatic rings. The first-order valence-corrected chi connectivity index (χ1v) is 14.8. The topological polar surface area (TPSA) is 87.3 Å². The van der Waals surface area contributed by atoms with Gasteiger partial charge >= 0.3 is 6.18 Å². The van der Waals surface area contributed by atoms with E-state index in [9.17, 15) is 31.9 Å². The molecule has 0 aliphatic heterocycles. The normalized spacial score (nSPS) is 12.3. The minimum absolute atomic E-state index is 0.0226. The molecule has 4 aromatic rings. The maximum atomic E-state index is 14.6. The third kappa shape index (κ3) is 8.96. The Bertz CT molecular complexity index is 1710. The van der Waals surface area contributed by atoms with Gasteiger partial charge in [0.05, 0.1) is 21.5 Å². The molecule has 0 spiro atoms. The number of carbonyl (C=O) groups excluding carboxylic acids is 3. The molecule has 0 radical (unpaired) electrons. The van der Waals surface area contributed by atoms with E-state index in [1.807, 2.05) is 0 Å². The average molecular weight is 656 g/mol. The summed E-state index contributed by atoms with van der Waals surface area (Å²) in [7, 11) is 0. The number of halogens is 5. The fourth-order valence-corrected chi connectivity index (χ4v) is 5.35. The zero-order valence-corrected chi connectivity index (χ0v) is 25.2. The standard InChI is InChI=1S/C33H26ClF4N3O3S/c1-2-29(32(44)40-27-17-7-6-14-24(27)33(36,37)38)45-22-13-8-12-21(18-22)39-31(43)28(19-23-25(34)15-9-16-26(23)35)41-30(42)20-10-4-3-5-11-20/h3-19,29H,2H2,1H3,(H,39,43)(H,40,44)(H,41,42)/b28-19+. The van der Waals surface area contributed by atoms with Crippen molar-refractivity contribution in [3.05, 3.63) is 130 Å². The van der Waals surface area contributed by atoms with Crippen LogP contribution in [-0.2, 0) is 15.8 Å². The number of benzene rings is 4. The van der Waals surface area contributed by atoms with Gasteiger partial charge in [0.15, 0.2) is 0 Å². The van der Waals surface area contributed by atoms with Crippen molar-refractivity contribution in [3.8, 4) is 0 Å². The van der Waals surface area contributed by atoms with Crippen LogP contribution in [0.15, 0.2) is 108 Å². The summed E-state index contributed by atoms with van der Waals surface area (Å²) in [6.45, 7) is 1.72. The molecule has 3 N–H and O–H groups in total. The Morgan fingerprint density at radius 2 is 1.58 bits per heavy atom. The third-order valence-electron chi connectivity index (χ3n) is 6.34. The van der Waals surface area contributed by atoms with Gasteiger partial charge in [-0.25, -0.2) is 4.39 Å². The first-order valence-electron chi connectivity index (χ1n) is 13.5. The van der Waals surface area contributed by atoms with Crippen molar-refractivity contribution in [1.29, 1.82) is 0 Å². The van der Waals surface area contributed by atoms with E-state index in [0.29, 0.717) is 11.3 Å². The number of amides is 3. The highest BCUT2D eigenvalue weighted by Gasteiger charge is 2.34. The maximum absolute atomic E-state index is 14.6. The van der Waals surface area contributed by atoms with Crippen LogP contribution in [0, 0.1) is 5.82 Å². The molecule has 232 valence electrons. The Balaban J connectivity index is 1.54. The van der Waals surface area contributed by atoms with Crippen LogP contribution in [0.3, 0.4) is 0 Å². The van der Waals surface area contributed by atoms with E-state index in [4.69, 9.17) is 11.6 Å². The zero-order valence-electron chi connectivity index (χ0n) is 23.6. The predicted octanol–water partition coefficient (Wildman–Crippen LogP) is 8.42. The van der Waals surface area contributed by atoms with Gasteiger partial charge < -0.3 is 16.0 Å². The highest BCUT2D eigenvalue weighted by Crippen LogP contribution is 2.35. The van der Waals surface area contributed by atoms with Crippen molar-refractivity contribution in [1.82, 2.24) is 5.32 Å². The third-order valence-corrected chi connectivity index (χ3v) is 8.03. The summed E-state index contributed by atoms with van der Waals surface area (Å²) in [6, 6.07) is 23.2. The number of nitrogens with one attached hydrogen (secondary N) is 3. The lowest BCUT2D eigenvalue weighted by Gasteiger charge is -2.18. The predicted molar refractivity (Wildman–Crippen MR) is 168 cm³/mol. The first-order chi connectivity index (χ1) is 21.5. The molecule has 0 saturated carbocycles. The van der Waals surface area contributed by atoms with Crippen molar-refractivity contribution in [3.63, 3.8) is 0 Å². The molecule has 6 nitrogen and oxygen atoms in total. The molecule has 0 fully saturated rings. The molecule has 1 unspecified atom stereocenters. The Morgan fingerprint density at radius 3 is 2.27 bits per heavy atom. The molecule has 0 aromatic heterocycles. The van der Waals surface area contributed by atoms with E-state index in [2.05, 4.69) is 16.0 Å². The number of thioether (sulfide) groups is 1. The summed E-state index contributed by atoms with van der Waals surface area (Å²) in [5.41, 5.74) is -1.16. The minimum Gasteiger partial charge on any atom is -0.325 e. The SMILES string of the molecule is CCC(Sc1cccc(NC(=O)/C(=C\c2c(F)cccc2Cl)NC(=O)c2ccccc2)c1)C(=O)Nc1ccccc1C(F)(F)F. The van der Waals surface area contributed by atoms with Crippen LogP contribution in [0.1, 0.15) is 34.8 Å². The Hall–Kier alpha value is -4.61. The van der Waals surface area contributed by atoms with Crippen LogP contribution < -0.4 is 16.0 Å². The van der Waals surface area contributed by atoms with Gasteiger partial charge in [-0.05, 0) is 67.1 Å². The smallest absolute Gasteiger partial charge is 0.325 e. The number of hydrogen-bond donors (Lipinski definition) is 3. The molecule has 3 amide bonds. The number of carbonyl (C=O) groups is 3. The molecule has 1 atom stereocenters. The molecule has 12 heteroatoms. The number of alkyl halides is 3. The summed E-state index contributed by atoms with van der Waals surface area (Å²) in [5, 5.41) is 6.80. The zero-order chi connectivity index (χ0) is 32.6. The van der Waals surface area contributed by atoms with Gasteiger partial charge in [-0.15, -0.1) is 11.8 Å². The Morgan fingerprint density at radius 1 is 0.889 bits per heavy atom. The first kappa shape index (κ1) is 33.3. The van der Waals surface area contributed by atoms with E-state index in [1.165, 1.54) is 30.3 Å². The molecular formula is C33H26ClF4N3O3S. The number of rotatable bonds is 10. The van der Waals surface area contributed by atoms with Crippen LogP contribution in [-0.4, -0.2) is 23.0 Å². The van der Waals surface area contributed by atoms with E-state index in [-0.39, 0.29) is 33.2 Å². The Labute approximate surface area is 265 Å². The minimum atomic E-state index is -4.64. The van der Waals surface area contributed by atoms with E-state index >= 15 is 0 Å². The van der Waals surface area contributed by atoms with Crippen LogP contribution in [0.4, 0.5) is 28.9 Å². The van der Waals surface area contributed by atoms with Crippen LogP contribution >= 0.6 is 23.4 Å². The van der Waals surface area contributed by atoms with Crippen molar-refractivity contribution in [2.75, 3.05) is 10.6 Å². The molecule has 0 bridgehead atoms. The number of para-hydroxylation sites is 1. The molecule has 0 heterocycles. The van der Waals surface area contributed by atoms with Gasteiger partial charge in [0, 0.05) is 21.7 Å². The molecule has 4 aromatic carbocycles. The summed E-state index contributed by atoms with van der Waals surface area (Å²) in [4.78, 5) is 39.8. The molecule has 4 rings (SSSR count). The lowest BCUT2D eigenvalue weighted by molar-refractivity contribution is -0.137. The quantitative estimate of drug-likeness (QED) is 0.0910. The molecule has 0 aliphatic carbocycles. The molecule has 45 heavy (non-hydrogen) atoms. The second-order valence-corrected chi connectivity index (χ2v) is 11.2. The van der Waals surface area contributed by atoms with Gasteiger partial charge in [-0.2, -0.15) is 13.2 Å². The van der Waals surface area contributed by atoms with Crippen molar-refractivity contribution in [2.45, 2.75) is 29.7 Å². The van der Waals surface area contributed by atoms with E-state index in [0.717, 1.165) is 30.0 Å². The fraction of sp³-hybridized carbons (Fsp3) is 0.121. The largest absolute Gasteiger partial charge is 0.418 e. The fourth-order valence-electron chi connectivity index (χ4n) is 4.12. The van der Waals surface area contributed by atoms with Crippen LogP contribution in [0.25, 0.3) is 6.08 Å². The van der Waals surface area contributed by atoms with Crippen LogP contribution in [0.5, 0.6) is 0 Å². The lowest BCUT2D eigenvalue weighted by Crippen LogP contribution is -2.30.